The Bertz CT molecular complexity index is 762. The lowest BCUT2D eigenvalue weighted by molar-refractivity contribution is 0.0729. The molecule has 0 radical (unpaired) electrons. The van der Waals surface area contributed by atoms with E-state index in [0.717, 1.165) is 16.7 Å². The molecule has 3 aromatic rings. The van der Waals surface area contributed by atoms with Gasteiger partial charge in [-0.2, -0.15) is 0 Å². The molecule has 0 aliphatic rings. The Balaban J connectivity index is 1.87. The first-order valence-corrected chi connectivity index (χ1v) is 7.86. The lowest BCUT2D eigenvalue weighted by Crippen LogP contribution is -2.30. The molecule has 1 aromatic carbocycles. The first-order valence-electron chi connectivity index (χ1n) is 7.86. The molecule has 0 saturated carbocycles. The van der Waals surface area contributed by atoms with Crippen LogP contribution in [0.3, 0.4) is 0 Å². The van der Waals surface area contributed by atoms with Crippen LogP contribution in [0.4, 0.5) is 0 Å². The van der Waals surface area contributed by atoms with Crippen molar-refractivity contribution in [2.24, 2.45) is 0 Å². The Labute approximate surface area is 141 Å². The van der Waals surface area contributed by atoms with E-state index in [9.17, 15) is 4.79 Å². The van der Waals surface area contributed by atoms with Crippen LogP contribution >= 0.6 is 0 Å². The van der Waals surface area contributed by atoms with Crippen LogP contribution in [0.25, 0.3) is 0 Å². The molecule has 1 amide bonds. The summed E-state index contributed by atoms with van der Waals surface area (Å²) >= 11 is 0. The lowest BCUT2D eigenvalue weighted by atomic mass is 10.1. The average molecular weight is 317 g/mol. The van der Waals surface area contributed by atoms with E-state index in [-0.39, 0.29) is 5.91 Å². The maximum absolute atomic E-state index is 13.0. The van der Waals surface area contributed by atoms with E-state index in [1.807, 2.05) is 60.4 Å². The fourth-order valence-electron chi connectivity index (χ4n) is 2.58. The SMILES string of the molecule is Cc1cccc(C(=O)N(Cc2ccncc2)Cc2cccnc2)c1. The van der Waals surface area contributed by atoms with Gasteiger partial charge in [0.05, 0.1) is 0 Å². The second-order valence-corrected chi connectivity index (χ2v) is 5.75. The zero-order valence-corrected chi connectivity index (χ0v) is 13.6. The standard InChI is InChI=1S/C20H19N3O/c1-16-4-2-6-19(12-16)20(24)23(14-17-7-10-21-11-8-17)15-18-5-3-9-22-13-18/h2-13H,14-15H2,1H3. The summed E-state index contributed by atoms with van der Waals surface area (Å²) in [5, 5.41) is 0. The summed E-state index contributed by atoms with van der Waals surface area (Å²) in [5.74, 6) is 0.0133. The Morgan fingerprint density at radius 2 is 1.71 bits per heavy atom. The van der Waals surface area contributed by atoms with E-state index in [1.54, 1.807) is 24.8 Å². The summed E-state index contributed by atoms with van der Waals surface area (Å²) in [6.07, 6.45) is 7.02. The van der Waals surface area contributed by atoms with Crippen molar-refractivity contribution in [3.05, 3.63) is 95.6 Å². The van der Waals surface area contributed by atoms with Gasteiger partial charge in [-0.15, -0.1) is 0 Å². The summed E-state index contributed by atoms with van der Waals surface area (Å²) in [4.78, 5) is 23.0. The van der Waals surface area contributed by atoms with E-state index < -0.39 is 0 Å². The molecule has 0 aliphatic carbocycles. The molecule has 24 heavy (non-hydrogen) atoms. The number of hydrogen-bond acceptors (Lipinski definition) is 3. The Hall–Kier alpha value is -3.01. The molecule has 0 saturated heterocycles. The molecular formula is C20H19N3O. The van der Waals surface area contributed by atoms with Crippen molar-refractivity contribution in [3.8, 4) is 0 Å². The van der Waals surface area contributed by atoms with Crippen molar-refractivity contribution >= 4 is 5.91 Å². The molecule has 3 rings (SSSR count). The zero-order valence-electron chi connectivity index (χ0n) is 13.6. The second kappa shape index (κ2) is 7.51. The topological polar surface area (TPSA) is 46.1 Å². The van der Waals surface area contributed by atoms with Gasteiger partial charge in [0.2, 0.25) is 0 Å². The molecule has 120 valence electrons. The Kier molecular flexibility index (Phi) is 4.96. The third-order valence-corrected chi connectivity index (χ3v) is 3.77. The summed E-state index contributed by atoms with van der Waals surface area (Å²) in [7, 11) is 0. The predicted molar refractivity (Wildman–Crippen MR) is 93.2 cm³/mol. The highest BCUT2D eigenvalue weighted by Gasteiger charge is 2.17. The van der Waals surface area contributed by atoms with Gasteiger partial charge < -0.3 is 4.90 Å². The first-order chi connectivity index (χ1) is 11.7. The van der Waals surface area contributed by atoms with Crippen molar-refractivity contribution < 1.29 is 4.79 Å². The quantitative estimate of drug-likeness (QED) is 0.722. The summed E-state index contributed by atoms with van der Waals surface area (Å²) < 4.78 is 0. The van der Waals surface area contributed by atoms with Crippen molar-refractivity contribution in [2.75, 3.05) is 0 Å². The highest BCUT2D eigenvalue weighted by Crippen LogP contribution is 2.14. The number of pyridine rings is 2. The number of aryl methyl sites for hydroxylation is 1. The number of benzene rings is 1. The van der Waals surface area contributed by atoms with E-state index in [0.29, 0.717) is 18.7 Å². The Morgan fingerprint density at radius 1 is 0.917 bits per heavy atom. The minimum absolute atomic E-state index is 0.0133. The summed E-state index contributed by atoms with van der Waals surface area (Å²) in [6.45, 7) is 3.04. The van der Waals surface area contributed by atoms with Crippen molar-refractivity contribution in [1.29, 1.82) is 0 Å². The normalized spacial score (nSPS) is 10.4. The molecule has 0 atom stereocenters. The van der Waals surface area contributed by atoms with Crippen LogP contribution in [0.1, 0.15) is 27.0 Å². The van der Waals surface area contributed by atoms with Crippen LogP contribution in [-0.4, -0.2) is 20.8 Å². The van der Waals surface area contributed by atoms with Gasteiger partial charge in [0.1, 0.15) is 0 Å². The van der Waals surface area contributed by atoms with Crippen molar-refractivity contribution in [2.45, 2.75) is 20.0 Å². The van der Waals surface area contributed by atoms with Gasteiger partial charge in [-0.3, -0.25) is 14.8 Å². The van der Waals surface area contributed by atoms with Gasteiger partial charge >= 0.3 is 0 Å². The largest absolute Gasteiger partial charge is 0.330 e. The van der Waals surface area contributed by atoms with E-state index in [2.05, 4.69) is 9.97 Å². The lowest BCUT2D eigenvalue weighted by Gasteiger charge is -2.23. The number of aromatic nitrogens is 2. The number of nitrogens with zero attached hydrogens (tertiary/aromatic N) is 3. The average Bonchev–Trinajstić information content (AvgIpc) is 2.62. The number of hydrogen-bond donors (Lipinski definition) is 0. The van der Waals surface area contributed by atoms with Crippen LogP contribution in [0.15, 0.2) is 73.3 Å². The number of carbonyl (C=O) groups excluding carboxylic acids is 1. The van der Waals surface area contributed by atoms with Gasteiger partial charge in [0.15, 0.2) is 0 Å². The molecule has 2 aromatic heterocycles. The minimum atomic E-state index is 0.0133. The molecule has 2 heterocycles. The van der Waals surface area contributed by atoms with E-state index >= 15 is 0 Å². The zero-order chi connectivity index (χ0) is 16.8. The van der Waals surface area contributed by atoms with Crippen molar-refractivity contribution in [3.63, 3.8) is 0 Å². The van der Waals surface area contributed by atoms with Crippen LogP contribution < -0.4 is 0 Å². The summed E-state index contributed by atoms with van der Waals surface area (Å²) in [6, 6.07) is 15.4. The molecule has 0 unspecified atom stereocenters. The molecule has 0 bridgehead atoms. The molecule has 4 heteroatoms. The molecule has 4 nitrogen and oxygen atoms in total. The van der Waals surface area contributed by atoms with Gasteiger partial charge in [0, 0.05) is 43.4 Å². The Morgan fingerprint density at radius 3 is 2.42 bits per heavy atom. The molecule has 0 aliphatic heterocycles. The minimum Gasteiger partial charge on any atom is -0.330 e. The smallest absolute Gasteiger partial charge is 0.254 e. The van der Waals surface area contributed by atoms with Crippen LogP contribution in [0.2, 0.25) is 0 Å². The number of amides is 1. The highest BCUT2D eigenvalue weighted by atomic mass is 16.2. The fourth-order valence-corrected chi connectivity index (χ4v) is 2.58. The van der Waals surface area contributed by atoms with Crippen LogP contribution in [-0.2, 0) is 13.1 Å². The molecular weight excluding hydrogens is 298 g/mol. The third-order valence-electron chi connectivity index (χ3n) is 3.77. The van der Waals surface area contributed by atoms with E-state index in [1.165, 1.54) is 0 Å². The van der Waals surface area contributed by atoms with Gasteiger partial charge in [0.25, 0.3) is 5.91 Å². The maximum Gasteiger partial charge on any atom is 0.254 e. The summed E-state index contributed by atoms with van der Waals surface area (Å²) in [5.41, 5.74) is 3.83. The molecule has 0 fully saturated rings. The van der Waals surface area contributed by atoms with Gasteiger partial charge in [-0.25, -0.2) is 0 Å². The van der Waals surface area contributed by atoms with E-state index in [4.69, 9.17) is 0 Å². The molecule has 0 N–H and O–H groups in total. The second-order valence-electron chi connectivity index (χ2n) is 5.75. The predicted octanol–water partition coefficient (Wildman–Crippen LogP) is 3.63. The van der Waals surface area contributed by atoms with Gasteiger partial charge in [-0.1, -0.05) is 23.8 Å². The highest BCUT2D eigenvalue weighted by molar-refractivity contribution is 5.94. The first kappa shape index (κ1) is 15.9. The number of carbonyl (C=O) groups is 1. The molecule has 0 spiro atoms. The monoisotopic (exact) mass is 317 g/mol. The third kappa shape index (κ3) is 4.04. The fraction of sp³-hybridized carbons (Fsp3) is 0.150. The number of rotatable bonds is 5. The maximum atomic E-state index is 13.0. The van der Waals surface area contributed by atoms with Crippen LogP contribution in [0.5, 0.6) is 0 Å². The van der Waals surface area contributed by atoms with Crippen LogP contribution in [0, 0.1) is 6.92 Å². The van der Waals surface area contributed by atoms with Gasteiger partial charge in [-0.05, 0) is 48.4 Å². The van der Waals surface area contributed by atoms with Crippen molar-refractivity contribution in [1.82, 2.24) is 14.9 Å².